The average molecular weight is 570 g/mol. The van der Waals surface area contributed by atoms with Crippen molar-refractivity contribution in [3.63, 3.8) is 0 Å². The van der Waals surface area contributed by atoms with Gasteiger partial charge in [0.1, 0.15) is 25.0 Å². The number of thioether (sulfide) groups is 1. The number of fused-ring (bicyclic) bond motifs is 1. The van der Waals surface area contributed by atoms with Gasteiger partial charge in [0.15, 0.2) is 0 Å². The van der Waals surface area contributed by atoms with Crippen LogP contribution in [0.5, 0.6) is 5.75 Å². The van der Waals surface area contributed by atoms with E-state index in [-0.39, 0.29) is 6.61 Å². The molecule has 188 valence electrons. The number of allylic oxidation sites excluding steroid dienone is 1. The van der Waals surface area contributed by atoms with Gasteiger partial charge in [-0.25, -0.2) is 9.48 Å². The molecule has 0 amide bonds. The number of nitrogens with one attached hydrogen (secondary N) is 1. The van der Waals surface area contributed by atoms with Crippen LogP contribution in [0.1, 0.15) is 43.0 Å². The Bertz CT molecular complexity index is 1300. The number of carbonyl (C=O) groups is 1. The largest absolute Gasteiger partial charge is 0.489 e. The lowest BCUT2D eigenvalue weighted by molar-refractivity contribution is -0.138. The zero-order chi connectivity index (χ0) is 25.7. The molecule has 1 aliphatic rings. The molecule has 0 fully saturated rings. The van der Waals surface area contributed by atoms with Crippen LogP contribution in [-0.2, 0) is 16.1 Å². The number of hydrogen-bond donors (Lipinski definition) is 1. The fraction of sp³-hybridized carbons (Fsp3) is 0.296. The number of anilines is 1. The minimum absolute atomic E-state index is 0.110. The van der Waals surface area contributed by atoms with Crippen molar-refractivity contribution < 1.29 is 14.3 Å². The maximum Gasteiger partial charge on any atom is 0.338 e. The Kier molecular flexibility index (Phi) is 8.53. The van der Waals surface area contributed by atoms with Crippen molar-refractivity contribution in [2.24, 2.45) is 0 Å². The Hall–Kier alpha value is -3.04. The fourth-order valence-corrected chi connectivity index (χ4v) is 5.00. The second-order valence-electron chi connectivity index (χ2n) is 8.36. The normalized spacial score (nSPS) is 14.7. The third-order valence-electron chi connectivity index (χ3n) is 5.73. The third kappa shape index (κ3) is 5.68. The van der Waals surface area contributed by atoms with Gasteiger partial charge >= 0.3 is 5.97 Å². The summed E-state index contributed by atoms with van der Waals surface area (Å²) in [6.45, 7) is 10.2. The first-order valence-electron chi connectivity index (χ1n) is 11.7. The topological polar surface area (TPSA) is 78.3 Å². The van der Waals surface area contributed by atoms with Gasteiger partial charge in [-0.15, -0.1) is 5.10 Å². The molecule has 4 rings (SSSR count). The summed E-state index contributed by atoms with van der Waals surface area (Å²) in [5, 5.41) is 8.66. The van der Waals surface area contributed by atoms with Gasteiger partial charge in [-0.3, -0.25) is 0 Å². The van der Waals surface area contributed by atoms with Crippen molar-refractivity contribution in [1.29, 1.82) is 0 Å². The first-order chi connectivity index (χ1) is 17.4. The third-order valence-corrected chi connectivity index (χ3v) is 7.27. The zero-order valence-electron chi connectivity index (χ0n) is 20.6. The smallest absolute Gasteiger partial charge is 0.338 e. The van der Waals surface area contributed by atoms with Gasteiger partial charge in [-0.1, -0.05) is 71.5 Å². The van der Waals surface area contributed by atoms with Gasteiger partial charge < -0.3 is 14.8 Å². The summed E-state index contributed by atoms with van der Waals surface area (Å²) in [5.41, 5.74) is 4.13. The summed E-state index contributed by atoms with van der Waals surface area (Å²) in [6, 6.07) is 13.3. The molecule has 36 heavy (non-hydrogen) atoms. The number of aryl methyl sites for hydroxylation is 1. The second kappa shape index (κ2) is 11.8. The van der Waals surface area contributed by atoms with Crippen LogP contribution in [0, 0.1) is 6.92 Å². The number of aromatic nitrogens is 3. The molecule has 1 atom stereocenters. The summed E-state index contributed by atoms with van der Waals surface area (Å²) in [7, 11) is 0. The Morgan fingerprint density at radius 1 is 1.28 bits per heavy atom. The number of ether oxygens (including phenoxy) is 2. The Labute approximate surface area is 224 Å². The van der Waals surface area contributed by atoms with Crippen molar-refractivity contribution >= 4 is 39.6 Å². The molecule has 1 aliphatic heterocycles. The lowest BCUT2D eigenvalue weighted by Gasteiger charge is -2.29. The highest BCUT2D eigenvalue weighted by Gasteiger charge is 2.37. The summed E-state index contributed by atoms with van der Waals surface area (Å²) >= 11 is 5.18. The molecule has 1 unspecified atom stereocenters. The molecule has 0 saturated carbocycles. The molecular weight excluding hydrogens is 540 g/mol. The van der Waals surface area contributed by atoms with Crippen LogP contribution in [0.15, 0.2) is 76.0 Å². The van der Waals surface area contributed by atoms with E-state index in [2.05, 4.69) is 52.7 Å². The van der Waals surface area contributed by atoms with Crippen LogP contribution in [0.4, 0.5) is 5.95 Å². The highest BCUT2D eigenvalue weighted by Crippen LogP contribution is 2.41. The van der Waals surface area contributed by atoms with Crippen molar-refractivity contribution in [3.8, 4) is 5.75 Å². The minimum Gasteiger partial charge on any atom is -0.489 e. The van der Waals surface area contributed by atoms with Gasteiger partial charge in [0.05, 0.1) is 5.57 Å². The standard InChI is InChI=1S/C27H29BrN4O3S/c1-5-13-34-25(33)23-18(4)29-26-30-27(36-14-6-2)31-32(26)24(23)21-15-20(28)11-12-22(21)35-16-19-10-8-7-9-17(19)3/h5,7-12,15,24H,1,6,13-14,16H2,2-4H3,(H,29,30,31). The average Bonchev–Trinajstić information content (AvgIpc) is 3.27. The first kappa shape index (κ1) is 26.0. The quantitative estimate of drug-likeness (QED) is 0.171. The van der Waals surface area contributed by atoms with Crippen LogP contribution >= 0.6 is 27.7 Å². The van der Waals surface area contributed by atoms with Gasteiger partial charge in [-0.05, 0) is 49.6 Å². The molecule has 0 saturated heterocycles. The van der Waals surface area contributed by atoms with E-state index in [9.17, 15) is 4.79 Å². The highest BCUT2D eigenvalue weighted by atomic mass is 79.9. The van der Waals surface area contributed by atoms with Gasteiger partial charge in [0.2, 0.25) is 11.1 Å². The Morgan fingerprint density at radius 3 is 2.83 bits per heavy atom. The lowest BCUT2D eigenvalue weighted by Crippen LogP contribution is -2.30. The number of nitrogens with zero attached hydrogens (tertiary/aromatic N) is 3. The summed E-state index contributed by atoms with van der Waals surface area (Å²) in [5.74, 6) is 1.68. The van der Waals surface area contributed by atoms with E-state index in [0.717, 1.165) is 33.3 Å². The van der Waals surface area contributed by atoms with Crippen molar-refractivity contribution in [2.75, 3.05) is 17.7 Å². The van der Waals surface area contributed by atoms with Crippen LogP contribution < -0.4 is 10.1 Å². The number of esters is 1. The number of hydrogen-bond acceptors (Lipinski definition) is 7. The zero-order valence-corrected chi connectivity index (χ0v) is 23.0. The van der Waals surface area contributed by atoms with Crippen molar-refractivity contribution in [2.45, 2.75) is 45.0 Å². The van der Waals surface area contributed by atoms with Crippen LogP contribution in [0.3, 0.4) is 0 Å². The molecule has 0 bridgehead atoms. The summed E-state index contributed by atoms with van der Waals surface area (Å²) < 4.78 is 14.4. The molecule has 0 aliphatic carbocycles. The predicted molar refractivity (Wildman–Crippen MR) is 146 cm³/mol. The van der Waals surface area contributed by atoms with E-state index in [1.807, 2.05) is 43.3 Å². The number of rotatable bonds is 10. The van der Waals surface area contributed by atoms with Crippen molar-refractivity contribution in [3.05, 3.63) is 87.6 Å². The Balaban J connectivity index is 1.80. The maximum atomic E-state index is 13.3. The maximum absolute atomic E-state index is 13.3. The number of benzene rings is 2. The van der Waals surface area contributed by atoms with Crippen LogP contribution in [0.2, 0.25) is 0 Å². The highest BCUT2D eigenvalue weighted by molar-refractivity contribution is 9.10. The molecule has 2 aromatic carbocycles. The van der Waals surface area contributed by atoms with E-state index in [1.54, 1.807) is 22.5 Å². The van der Waals surface area contributed by atoms with Crippen LogP contribution in [0.25, 0.3) is 0 Å². The van der Waals surface area contributed by atoms with Crippen LogP contribution in [-0.4, -0.2) is 33.1 Å². The van der Waals surface area contributed by atoms with E-state index in [0.29, 0.717) is 34.7 Å². The molecule has 7 nitrogen and oxygen atoms in total. The molecule has 2 heterocycles. The molecule has 3 aromatic rings. The minimum atomic E-state index is -0.591. The first-order valence-corrected chi connectivity index (χ1v) is 13.5. The molecule has 1 N–H and O–H groups in total. The Morgan fingerprint density at radius 2 is 2.08 bits per heavy atom. The summed E-state index contributed by atoms with van der Waals surface area (Å²) in [4.78, 5) is 17.9. The van der Waals surface area contributed by atoms with E-state index in [4.69, 9.17) is 14.6 Å². The van der Waals surface area contributed by atoms with E-state index < -0.39 is 12.0 Å². The second-order valence-corrected chi connectivity index (χ2v) is 10.3. The molecular formula is C27H29BrN4O3S. The monoisotopic (exact) mass is 568 g/mol. The van der Waals surface area contributed by atoms with Gasteiger partial charge in [-0.2, -0.15) is 4.98 Å². The molecule has 1 aromatic heterocycles. The summed E-state index contributed by atoms with van der Waals surface area (Å²) in [6.07, 6.45) is 2.56. The van der Waals surface area contributed by atoms with E-state index in [1.165, 1.54) is 0 Å². The molecule has 0 spiro atoms. The molecule has 0 radical (unpaired) electrons. The fourth-order valence-electron chi connectivity index (χ4n) is 3.94. The molecule has 9 heteroatoms. The van der Waals surface area contributed by atoms with E-state index >= 15 is 0 Å². The number of halogens is 1. The predicted octanol–water partition coefficient (Wildman–Crippen LogP) is 6.45. The van der Waals surface area contributed by atoms with Gasteiger partial charge in [0, 0.05) is 21.5 Å². The van der Waals surface area contributed by atoms with Gasteiger partial charge in [0.25, 0.3) is 0 Å². The number of carbonyl (C=O) groups excluding carboxylic acids is 1. The van der Waals surface area contributed by atoms with Crippen molar-refractivity contribution in [1.82, 2.24) is 14.8 Å². The lowest BCUT2D eigenvalue weighted by atomic mass is 9.95. The SMILES string of the molecule is C=CCOC(=O)C1=C(C)Nc2nc(SCCC)nn2C1c1cc(Br)ccc1OCc1ccccc1C.